The minimum Gasteiger partial charge on any atom is -0.480 e. The number of amides is 3. The van der Waals surface area contributed by atoms with Crippen LogP contribution in [0.5, 0.6) is 0 Å². The van der Waals surface area contributed by atoms with Crippen LogP contribution in [0.15, 0.2) is 59.8 Å². The molecule has 3 amide bonds. The first-order valence-electron chi connectivity index (χ1n) is 18.4. The van der Waals surface area contributed by atoms with E-state index in [1.807, 2.05) is 45.0 Å². The van der Waals surface area contributed by atoms with Crippen LogP contribution in [0.3, 0.4) is 0 Å². The number of carbonyl (C=O) groups excluding carboxylic acids is 3. The SMILES string of the molecule is CC(C)(C)C(=O)CN1C(=O)N(CC(=O)Nc2cccc3c2ccn3CC(=O)O)N=C(C2CCCCC2)c2ccccc21.CNC[C@H](O)[C@@H](O)[C@H](O)[C@H](O)CO. The second kappa shape index (κ2) is 19.2. The number of fused-ring (bicyclic) bond motifs is 2. The third-order valence-electron chi connectivity index (χ3n) is 9.71. The Balaban J connectivity index is 0.000000444. The summed E-state index contributed by atoms with van der Waals surface area (Å²) in [6.45, 7) is 4.21. The third kappa shape index (κ3) is 11.0. The van der Waals surface area contributed by atoms with Crippen LogP contribution in [0, 0.1) is 11.3 Å². The molecule has 2 aromatic carbocycles. The van der Waals surface area contributed by atoms with Gasteiger partial charge in [0.2, 0.25) is 5.91 Å². The molecule has 16 heteroatoms. The molecule has 0 saturated heterocycles. The number of ketones is 1. The Kier molecular flexibility index (Phi) is 15.1. The van der Waals surface area contributed by atoms with E-state index in [2.05, 4.69) is 10.6 Å². The largest absolute Gasteiger partial charge is 0.480 e. The summed E-state index contributed by atoms with van der Waals surface area (Å²) in [6, 6.07) is 14.0. The molecule has 0 bridgehead atoms. The Morgan fingerprint density at radius 2 is 1.56 bits per heavy atom. The van der Waals surface area contributed by atoms with Gasteiger partial charge >= 0.3 is 12.0 Å². The van der Waals surface area contributed by atoms with E-state index in [1.54, 1.807) is 42.1 Å². The Labute approximate surface area is 320 Å². The molecule has 1 aromatic heterocycles. The fraction of sp³-hybridized carbons (Fsp3) is 0.513. The van der Waals surface area contributed by atoms with E-state index in [9.17, 15) is 29.4 Å². The van der Waals surface area contributed by atoms with E-state index in [1.165, 1.54) is 9.91 Å². The summed E-state index contributed by atoms with van der Waals surface area (Å²) in [4.78, 5) is 53.4. The first-order chi connectivity index (χ1) is 26.1. The number of aliphatic hydroxyl groups excluding tert-OH is 5. The molecular formula is C39H54N6O10. The number of aliphatic carboxylic acids is 1. The quantitative estimate of drug-likeness (QED) is 0.118. The highest BCUT2D eigenvalue weighted by molar-refractivity contribution is 6.13. The number of carboxylic acid groups (broad SMARTS) is 1. The average molecular weight is 767 g/mol. The third-order valence-corrected chi connectivity index (χ3v) is 9.71. The topological polar surface area (TPSA) is 237 Å². The van der Waals surface area contributed by atoms with Gasteiger partial charge in [-0.3, -0.25) is 19.3 Å². The summed E-state index contributed by atoms with van der Waals surface area (Å²) in [7, 11) is 1.57. The number of Topliss-reactive ketones (excluding diaryl/α,β-unsaturated/α-hetero) is 1. The van der Waals surface area contributed by atoms with Gasteiger partial charge in [-0.05, 0) is 44.2 Å². The molecule has 55 heavy (non-hydrogen) atoms. The zero-order valence-corrected chi connectivity index (χ0v) is 31.8. The molecule has 4 atom stereocenters. The molecule has 1 aliphatic carbocycles. The summed E-state index contributed by atoms with van der Waals surface area (Å²) in [5, 5.41) is 66.3. The smallest absolute Gasteiger partial charge is 0.345 e. The van der Waals surface area contributed by atoms with Crippen molar-refractivity contribution < 1.29 is 49.8 Å². The van der Waals surface area contributed by atoms with Gasteiger partial charge in [0.1, 0.15) is 31.4 Å². The number of nitrogens with zero attached hydrogens (tertiary/aromatic N) is 4. The second-order valence-electron chi connectivity index (χ2n) is 14.9. The van der Waals surface area contributed by atoms with E-state index in [0.29, 0.717) is 22.3 Å². The van der Waals surface area contributed by atoms with Gasteiger partial charge in [-0.15, -0.1) is 0 Å². The van der Waals surface area contributed by atoms with E-state index >= 15 is 0 Å². The number of hydrogen-bond acceptors (Lipinski definition) is 11. The van der Waals surface area contributed by atoms with Crippen LogP contribution in [-0.2, 0) is 20.9 Å². The number of anilines is 2. The maximum absolute atomic E-state index is 14.1. The van der Waals surface area contributed by atoms with E-state index < -0.39 is 54.3 Å². The minimum absolute atomic E-state index is 0.0936. The molecule has 1 aliphatic heterocycles. The maximum atomic E-state index is 14.1. The van der Waals surface area contributed by atoms with Crippen LogP contribution in [0.4, 0.5) is 16.2 Å². The zero-order chi connectivity index (χ0) is 40.4. The molecule has 0 unspecified atom stereocenters. The van der Waals surface area contributed by atoms with Crippen molar-refractivity contribution in [1.29, 1.82) is 0 Å². The second-order valence-corrected chi connectivity index (χ2v) is 14.9. The number of nitrogens with one attached hydrogen (secondary N) is 2. The molecule has 16 nitrogen and oxygen atoms in total. The molecule has 1 fully saturated rings. The lowest BCUT2D eigenvalue weighted by Gasteiger charge is -2.28. The fourth-order valence-electron chi connectivity index (χ4n) is 6.54. The number of carbonyl (C=O) groups is 4. The average Bonchev–Trinajstić information content (AvgIpc) is 3.52. The zero-order valence-electron chi connectivity index (χ0n) is 31.8. The summed E-state index contributed by atoms with van der Waals surface area (Å²) < 4.78 is 1.59. The van der Waals surface area contributed by atoms with Crippen molar-refractivity contribution >= 4 is 51.7 Å². The number of hydrazone groups is 1. The fourth-order valence-corrected chi connectivity index (χ4v) is 6.54. The van der Waals surface area contributed by atoms with E-state index in [4.69, 9.17) is 25.5 Å². The number of hydrogen-bond donors (Lipinski definition) is 8. The first-order valence-corrected chi connectivity index (χ1v) is 18.4. The van der Waals surface area contributed by atoms with Gasteiger partial charge in [-0.1, -0.05) is 64.3 Å². The summed E-state index contributed by atoms with van der Waals surface area (Å²) in [5.74, 6) is -1.39. The maximum Gasteiger partial charge on any atom is 0.345 e. The molecule has 2 heterocycles. The molecule has 5 rings (SSSR count). The van der Waals surface area contributed by atoms with E-state index in [0.717, 1.165) is 43.4 Å². The van der Waals surface area contributed by atoms with Gasteiger partial charge in [0, 0.05) is 35.0 Å². The molecule has 0 spiro atoms. The van der Waals surface area contributed by atoms with Gasteiger partial charge in [-0.2, -0.15) is 5.10 Å². The van der Waals surface area contributed by atoms with E-state index in [-0.39, 0.29) is 37.9 Å². The molecule has 300 valence electrons. The summed E-state index contributed by atoms with van der Waals surface area (Å²) >= 11 is 0. The number of aromatic nitrogens is 1. The molecular weight excluding hydrogens is 712 g/mol. The van der Waals surface area contributed by atoms with Gasteiger partial charge in [0.05, 0.1) is 41.9 Å². The highest BCUT2D eigenvalue weighted by atomic mass is 16.4. The van der Waals surface area contributed by atoms with Crippen LogP contribution >= 0.6 is 0 Å². The number of urea groups is 1. The standard InChI is InChI=1S/C32H37N5O5.C7H17NO5/c1-32(2,3)27(38)18-36-26-14-8-7-12-23(26)30(21-10-5-4-6-11-21)34-37(31(36)42)19-28(39)33-24-13-9-15-25-22(24)16-17-35(25)20-29(40)41;1-8-2-4(10)6(12)7(13)5(11)3-9/h7-9,12-17,21H,4-6,10-11,18-20H2,1-3H3,(H,33,39)(H,40,41);4-13H,2-3H2,1H3/t;4-,5+,6+,7+/m.0/s1. The molecule has 2 aliphatic rings. The molecule has 3 aromatic rings. The minimum atomic E-state index is -1.55. The number of carboxylic acids is 1. The number of benzene rings is 2. The highest BCUT2D eigenvalue weighted by Crippen LogP contribution is 2.35. The molecule has 0 radical (unpaired) electrons. The first kappa shape index (κ1) is 43.0. The van der Waals surface area contributed by atoms with Crippen molar-refractivity contribution in [1.82, 2.24) is 14.9 Å². The van der Waals surface area contributed by atoms with Crippen molar-refractivity contribution in [2.75, 3.05) is 43.5 Å². The highest BCUT2D eigenvalue weighted by Gasteiger charge is 2.36. The monoisotopic (exact) mass is 766 g/mol. The number of aliphatic hydroxyl groups is 5. The Bertz CT molecular complexity index is 1830. The lowest BCUT2D eigenvalue weighted by atomic mass is 9.83. The summed E-state index contributed by atoms with van der Waals surface area (Å²) in [6.07, 6.45) is 1.19. The number of para-hydroxylation sites is 1. The van der Waals surface area contributed by atoms with Crippen LogP contribution in [0.25, 0.3) is 10.9 Å². The Morgan fingerprint density at radius 1 is 0.891 bits per heavy atom. The predicted molar refractivity (Wildman–Crippen MR) is 207 cm³/mol. The lowest BCUT2D eigenvalue weighted by molar-refractivity contribution is -0.137. The van der Waals surface area contributed by atoms with Gasteiger partial charge < -0.3 is 45.8 Å². The van der Waals surface area contributed by atoms with Crippen LogP contribution in [0.2, 0.25) is 0 Å². The van der Waals surface area contributed by atoms with Crippen molar-refractivity contribution in [3.8, 4) is 0 Å². The van der Waals surface area contributed by atoms with Crippen molar-refractivity contribution in [2.45, 2.75) is 83.8 Å². The van der Waals surface area contributed by atoms with Gasteiger partial charge in [0.25, 0.3) is 0 Å². The Hall–Kier alpha value is -4.71. The van der Waals surface area contributed by atoms with Gasteiger partial charge in [0.15, 0.2) is 5.78 Å². The predicted octanol–water partition coefficient (Wildman–Crippen LogP) is 2.15. The van der Waals surface area contributed by atoms with Crippen LogP contribution < -0.4 is 15.5 Å². The lowest BCUT2D eigenvalue weighted by Crippen LogP contribution is -2.48. The normalized spacial score (nSPS) is 17.3. The summed E-state index contributed by atoms with van der Waals surface area (Å²) in [5.41, 5.74) is 2.71. The molecule has 1 saturated carbocycles. The Morgan fingerprint density at radius 3 is 2.20 bits per heavy atom. The van der Waals surface area contributed by atoms with Crippen molar-refractivity contribution in [3.05, 3.63) is 60.3 Å². The van der Waals surface area contributed by atoms with Crippen LogP contribution in [0.1, 0.15) is 58.4 Å². The molecule has 8 N–H and O–H groups in total. The van der Waals surface area contributed by atoms with Crippen molar-refractivity contribution in [2.24, 2.45) is 16.4 Å². The number of rotatable bonds is 14. The van der Waals surface area contributed by atoms with Gasteiger partial charge in [-0.25, -0.2) is 9.80 Å². The number of likely N-dealkylation sites (N-methyl/N-ethyl adjacent to an activating group) is 1. The van der Waals surface area contributed by atoms with Crippen molar-refractivity contribution in [3.63, 3.8) is 0 Å². The van der Waals surface area contributed by atoms with Crippen LogP contribution in [-0.4, -0.2) is 127 Å².